The van der Waals surface area contributed by atoms with Crippen LogP contribution in [-0.4, -0.2) is 68.0 Å². The van der Waals surface area contributed by atoms with E-state index < -0.39 is 0 Å². The molecule has 7 heteroatoms. The van der Waals surface area contributed by atoms with Crippen LogP contribution in [0.2, 0.25) is 0 Å². The van der Waals surface area contributed by atoms with Gasteiger partial charge in [-0.3, -0.25) is 4.90 Å². The highest BCUT2D eigenvalue weighted by Gasteiger charge is 2.17. The second-order valence-electron chi connectivity index (χ2n) is 6.76. The van der Waals surface area contributed by atoms with Gasteiger partial charge in [0.2, 0.25) is 0 Å². The van der Waals surface area contributed by atoms with Crippen LogP contribution in [0.25, 0.3) is 10.9 Å². The lowest BCUT2D eigenvalue weighted by molar-refractivity contribution is 0.0193. The van der Waals surface area contributed by atoms with E-state index in [1.807, 2.05) is 32.9 Å². The Morgan fingerprint density at radius 1 is 1.26 bits per heavy atom. The molecule has 0 radical (unpaired) electrons. The second kappa shape index (κ2) is 9.10. The molecule has 0 bridgehead atoms. The number of fused-ring (bicyclic) bond motifs is 1. The van der Waals surface area contributed by atoms with Gasteiger partial charge in [0.1, 0.15) is 23.8 Å². The molecule has 1 aliphatic heterocycles. The van der Waals surface area contributed by atoms with E-state index in [1.165, 1.54) is 0 Å². The van der Waals surface area contributed by atoms with Crippen molar-refractivity contribution in [2.45, 2.75) is 26.9 Å². The lowest BCUT2D eigenvalue weighted by atomic mass is 10.2. The molecule has 1 aliphatic rings. The van der Waals surface area contributed by atoms with E-state index in [-0.39, 0.29) is 12.1 Å². The quantitative estimate of drug-likeness (QED) is 0.714. The Balaban J connectivity index is 1.70. The first kappa shape index (κ1) is 19.5. The molecule has 0 saturated carbocycles. The van der Waals surface area contributed by atoms with Gasteiger partial charge in [0.15, 0.2) is 0 Å². The van der Waals surface area contributed by atoms with Crippen LogP contribution >= 0.6 is 0 Å². The number of aromatic amines is 1. The molecule has 0 unspecified atom stereocenters. The summed E-state index contributed by atoms with van der Waals surface area (Å²) in [5.41, 5.74) is 1.20. The number of hydrogen-bond acceptors (Lipinski definition) is 6. The fourth-order valence-electron chi connectivity index (χ4n) is 3.07. The van der Waals surface area contributed by atoms with Crippen LogP contribution in [0.5, 0.6) is 11.5 Å². The Bertz CT molecular complexity index is 765. The monoisotopic (exact) mass is 376 g/mol. The first-order valence-corrected chi connectivity index (χ1v) is 9.50. The Morgan fingerprint density at radius 3 is 2.74 bits per heavy atom. The minimum absolute atomic E-state index is 0.0523. The van der Waals surface area contributed by atoms with Gasteiger partial charge in [-0.1, -0.05) is 0 Å². The summed E-state index contributed by atoms with van der Waals surface area (Å²) in [6, 6.07) is 5.51. The summed E-state index contributed by atoms with van der Waals surface area (Å²) >= 11 is 0. The van der Waals surface area contributed by atoms with Gasteiger partial charge in [-0.05, 0) is 26.8 Å². The van der Waals surface area contributed by atoms with Gasteiger partial charge in [0, 0.05) is 37.2 Å². The molecule has 1 aromatic heterocycles. The molecule has 0 spiro atoms. The number of esters is 1. The maximum atomic E-state index is 12.4. The Kier molecular flexibility index (Phi) is 6.58. The summed E-state index contributed by atoms with van der Waals surface area (Å²) < 4.78 is 22.3. The first-order chi connectivity index (χ1) is 13.1. The summed E-state index contributed by atoms with van der Waals surface area (Å²) in [5, 5.41) is 0.841. The van der Waals surface area contributed by atoms with Crippen LogP contribution in [0.1, 0.15) is 31.3 Å². The van der Waals surface area contributed by atoms with E-state index in [0.717, 1.165) is 37.2 Å². The molecule has 27 heavy (non-hydrogen) atoms. The molecule has 1 saturated heterocycles. The van der Waals surface area contributed by atoms with E-state index in [0.29, 0.717) is 37.0 Å². The van der Waals surface area contributed by atoms with Gasteiger partial charge in [-0.15, -0.1) is 0 Å². The predicted octanol–water partition coefficient (Wildman–Crippen LogP) is 2.84. The van der Waals surface area contributed by atoms with Gasteiger partial charge in [0.05, 0.1) is 31.4 Å². The molecule has 2 aromatic rings. The molecule has 1 aromatic carbocycles. The lowest BCUT2D eigenvalue weighted by Crippen LogP contribution is -2.38. The molecule has 0 aliphatic carbocycles. The van der Waals surface area contributed by atoms with E-state index in [4.69, 9.17) is 18.9 Å². The Hall–Kier alpha value is -2.25. The zero-order valence-corrected chi connectivity index (χ0v) is 16.2. The standard InChI is InChI=1S/C20H28N2O5/c1-4-25-19-12-15(27-14(2)3)11-17-16(19)13-18(21-17)20(23)26-10-7-22-5-8-24-9-6-22/h11-14,21H,4-10H2,1-3H3. The summed E-state index contributed by atoms with van der Waals surface area (Å²) in [6.45, 7) is 10.7. The third-order valence-electron chi connectivity index (χ3n) is 4.31. The van der Waals surface area contributed by atoms with Crippen LogP contribution in [-0.2, 0) is 9.47 Å². The van der Waals surface area contributed by atoms with Crippen LogP contribution in [0.4, 0.5) is 0 Å². The van der Waals surface area contributed by atoms with Crippen molar-refractivity contribution in [3.63, 3.8) is 0 Å². The highest BCUT2D eigenvalue weighted by Crippen LogP contribution is 2.32. The SMILES string of the molecule is CCOc1cc(OC(C)C)cc2[nH]c(C(=O)OCCN3CCOCC3)cc12. The maximum Gasteiger partial charge on any atom is 0.354 e. The van der Waals surface area contributed by atoms with E-state index >= 15 is 0 Å². The van der Waals surface area contributed by atoms with Crippen molar-refractivity contribution in [1.29, 1.82) is 0 Å². The van der Waals surface area contributed by atoms with Crippen LogP contribution in [0, 0.1) is 0 Å². The maximum absolute atomic E-state index is 12.4. The number of nitrogens with zero attached hydrogens (tertiary/aromatic N) is 1. The van der Waals surface area contributed by atoms with Crippen molar-refractivity contribution in [3.05, 3.63) is 23.9 Å². The number of rotatable bonds is 8. The van der Waals surface area contributed by atoms with Crippen LogP contribution in [0.3, 0.4) is 0 Å². The number of carbonyl (C=O) groups is 1. The van der Waals surface area contributed by atoms with Crippen molar-refractivity contribution >= 4 is 16.9 Å². The summed E-state index contributed by atoms with van der Waals surface area (Å²) in [5.74, 6) is 1.03. The highest BCUT2D eigenvalue weighted by atomic mass is 16.5. The molecular formula is C20H28N2O5. The highest BCUT2D eigenvalue weighted by molar-refractivity contribution is 5.97. The average Bonchev–Trinajstić information content (AvgIpc) is 3.07. The zero-order valence-electron chi connectivity index (χ0n) is 16.2. The van der Waals surface area contributed by atoms with Crippen molar-refractivity contribution in [1.82, 2.24) is 9.88 Å². The average molecular weight is 376 g/mol. The minimum Gasteiger partial charge on any atom is -0.493 e. The van der Waals surface area contributed by atoms with E-state index in [1.54, 1.807) is 6.07 Å². The fraction of sp³-hybridized carbons (Fsp3) is 0.550. The predicted molar refractivity (Wildman–Crippen MR) is 103 cm³/mol. The number of H-pyrrole nitrogens is 1. The smallest absolute Gasteiger partial charge is 0.354 e. The summed E-state index contributed by atoms with van der Waals surface area (Å²) in [6.07, 6.45) is 0.0523. The second-order valence-corrected chi connectivity index (χ2v) is 6.76. The molecular weight excluding hydrogens is 348 g/mol. The molecule has 0 atom stereocenters. The van der Waals surface area contributed by atoms with E-state index in [9.17, 15) is 4.79 Å². The molecule has 0 amide bonds. The number of carbonyl (C=O) groups excluding carboxylic acids is 1. The molecule has 3 rings (SSSR count). The fourth-order valence-corrected chi connectivity index (χ4v) is 3.07. The number of benzene rings is 1. The summed E-state index contributed by atoms with van der Waals surface area (Å²) in [4.78, 5) is 17.8. The Labute approximate surface area is 159 Å². The van der Waals surface area contributed by atoms with Gasteiger partial charge >= 0.3 is 5.97 Å². The number of aromatic nitrogens is 1. The van der Waals surface area contributed by atoms with Crippen molar-refractivity contribution in [2.24, 2.45) is 0 Å². The molecule has 7 nitrogen and oxygen atoms in total. The first-order valence-electron chi connectivity index (χ1n) is 9.50. The van der Waals surface area contributed by atoms with Crippen molar-refractivity contribution in [3.8, 4) is 11.5 Å². The largest absolute Gasteiger partial charge is 0.493 e. The van der Waals surface area contributed by atoms with Crippen LogP contribution < -0.4 is 9.47 Å². The molecule has 1 N–H and O–H groups in total. The molecule has 2 heterocycles. The third kappa shape index (κ3) is 5.14. The third-order valence-corrected chi connectivity index (χ3v) is 4.31. The molecule has 1 fully saturated rings. The summed E-state index contributed by atoms with van der Waals surface area (Å²) in [7, 11) is 0. The van der Waals surface area contributed by atoms with Crippen molar-refractivity contribution < 1.29 is 23.7 Å². The van der Waals surface area contributed by atoms with Gasteiger partial charge in [-0.2, -0.15) is 0 Å². The lowest BCUT2D eigenvalue weighted by Gasteiger charge is -2.26. The minimum atomic E-state index is -0.367. The number of morpholine rings is 1. The zero-order chi connectivity index (χ0) is 19.2. The normalized spacial score (nSPS) is 15.3. The van der Waals surface area contributed by atoms with Crippen LogP contribution in [0.15, 0.2) is 18.2 Å². The van der Waals surface area contributed by atoms with Gasteiger partial charge < -0.3 is 23.9 Å². The van der Waals surface area contributed by atoms with E-state index in [2.05, 4.69) is 9.88 Å². The molecule has 148 valence electrons. The van der Waals surface area contributed by atoms with Crippen molar-refractivity contribution in [2.75, 3.05) is 46.1 Å². The number of ether oxygens (including phenoxy) is 4. The number of nitrogens with one attached hydrogen (secondary N) is 1. The number of hydrogen-bond donors (Lipinski definition) is 1. The van der Waals surface area contributed by atoms with Gasteiger partial charge in [-0.25, -0.2) is 4.79 Å². The Morgan fingerprint density at radius 2 is 2.04 bits per heavy atom. The van der Waals surface area contributed by atoms with Gasteiger partial charge in [0.25, 0.3) is 0 Å². The topological polar surface area (TPSA) is 73.0 Å².